The number of ether oxygens (including phenoxy) is 1. The van der Waals surface area contributed by atoms with Crippen LogP contribution in [0.5, 0.6) is 5.75 Å². The van der Waals surface area contributed by atoms with Crippen LogP contribution in [0.15, 0.2) is 85.1 Å². The Bertz CT molecular complexity index is 1280. The van der Waals surface area contributed by atoms with Crippen LogP contribution in [0.4, 0.5) is 0 Å². The third-order valence-electron chi connectivity index (χ3n) is 8.65. The Morgan fingerprint density at radius 1 is 0.595 bits per heavy atom. The first kappa shape index (κ1) is 31.4. The molecule has 0 amide bonds. The highest BCUT2D eigenvalue weighted by Crippen LogP contribution is 2.42. The molecular weight excluding hydrogens is 514 g/mol. The van der Waals surface area contributed by atoms with E-state index >= 15 is 0 Å². The molecule has 0 N–H and O–H groups in total. The number of unbranched alkanes of at least 4 members (excludes halogenated alkanes) is 4. The van der Waals surface area contributed by atoms with Gasteiger partial charge in [0.1, 0.15) is 17.5 Å². The van der Waals surface area contributed by atoms with Gasteiger partial charge in [-0.05, 0) is 72.1 Å². The Morgan fingerprint density at radius 2 is 1.12 bits per heavy atom. The van der Waals surface area contributed by atoms with Gasteiger partial charge >= 0.3 is 0 Å². The van der Waals surface area contributed by atoms with Crippen molar-refractivity contribution in [3.63, 3.8) is 0 Å². The molecule has 2 unspecified atom stereocenters. The molecule has 4 nitrogen and oxygen atoms in total. The molecular formula is C38H49N3O. The normalized spacial score (nSPS) is 13.4. The summed E-state index contributed by atoms with van der Waals surface area (Å²) in [5, 5.41) is 12.1. The SMILES string of the molecule is CCCCCC(CC)c1ccccc1C(Oc1ccccc1-c1ccnnn1)c1ccccc1C(CC)CCCCC. The maximum absolute atomic E-state index is 7.21. The maximum atomic E-state index is 7.21. The number of nitrogens with zero attached hydrogens (tertiary/aromatic N) is 3. The van der Waals surface area contributed by atoms with Gasteiger partial charge in [-0.1, -0.05) is 127 Å². The molecule has 0 spiro atoms. The fourth-order valence-electron chi connectivity index (χ4n) is 6.27. The minimum absolute atomic E-state index is 0.242. The van der Waals surface area contributed by atoms with Gasteiger partial charge in [0.25, 0.3) is 0 Å². The minimum atomic E-state index is -0.242. The van der Waals surface area contributed by atoms with Crippen LogP contribution < -0.4 is 4.74 Å². The number of aromatic nitrogens is 3. The molecule has 0 bridgehead atoms. The zero-order chi connectivity index (χ0) is 29.6. The van der Waals surface area contributed by atoms with E-state index in [9.17, 15) is 0 Å². The third-order valence-corrected chi connectivity index (χ3v) is 8.65. The van der Waals surface area contributed by atoms with E-state index in [1.807, 2.05) is 18.2 Å². The van der Waals surface area contributed by atoms with Crippen molar-refractivity contribution >= 4 is 0 Å². The number of para-hydroxylation sites is 1. The second-order valence-corrected chi connectivity index (χ2v) is 11.5. The van der Waals surface area contributed by atoms with Crippen LogP contribution in [0.25, 0.3) is 11.3 Å². The molecule has 2 atom stereocenters. The molecule has 3 aromatic carbocycles. The average Bonchev–Trinajstić information content (AvgIpc) is 3.05. The summed E-state index contributed by atoms with van der Waals surface area (Å²) in [4.78, 5) is 0. The van der Waals surface area contributed by atoms with Crippen LogP contribution in [0.3, 0.4) is 0 Å². The Hall–Kier alpha value is -3.53. The van der Waals surface area contributed by atoms with E-state index in [0.717, 1.165) is 29.8 Å². The highest BCUT2D eigenvalue weighted by atomic mass is 16.5. The quantitative estimate of drug-likeness (QED) is 0.120. The monoisotopic (exact) mass is 563 g/mol. The minimum Gasteiger partial charge on any atom is -0.480 e. The highest BCUT2D eigenvalue weighted by molar-refractivity contribution is 5.66. The topological polar surface area (TPSA) is 47.9 Å². The van der Waals surface area contributed by atoms with E-state index in [1.165, 1.54) is 73.6 Å². The molecule has 0 fully saturated rings. The number of rotatable bonds is 17. The summed E-state index contributed by atoms with van der Waals surface area (Å²) < 4.78 is 7.21. The van der Waals surface area contributed by atoms with Crippen molar-refractivity contribution in [2.24, 2.45) is 0 Å². The summed E-state index contributed by atoms with van der Waals surface area (Å²) >= 11 is 0. The average molecular weight is 564 g/mol. The molecule has 4 heteroatoms. The molecule has 42 heavy (non-hydrogen) atoms. The molecule has 0 aliphatic heterocycles. The van der Waals surface area contributed by atoms with Gasteiger partial charge in [0, 0.05) is 16.7 Å². The van der Waals surface area contributed by atoms with Crippen LogP contribution in [0, 0.1) is 0 Å². The van der Waals surface area contributed by atoms with Crippen molar-refractivity contribution in [2.75, 3.05) is 0 Å². The Morgan fingerprint density at radius 3 is 1.62 bits per heavy atom. The summed E-state index contributed by atoms with van der Waals surface area (Å²) in [6.45, 7) is 9.22. The molecule has 0 aliphatic carbocycles. The summed E-state index contributed by atoms with van der Waals surface area (Å²) in [5.74, 6) is 1.81. The van der Waals surface area contributed by atoms with Crippen molar-refractivity contribution in [3.05, 3.63) is 107 Å². The largest absolute Gasteiger partial charge is 0.480 e. The van der Waals surface area contributed by atoms with Crippen molar-refractivity contribution in [1.82, 2.24) is 15.4 Å². The van der Waals surface area contributed by atoms with Gasteiger partial charge in [-0.2, -0.15) is 0 Å². The first-order valence-electron chi connectivity index (χ1n) is 16.3. The number of hydrogen-bond donors (Lipinski definition) is 0. The first-order valence-corrected chi connectivity index (χ1v) is 16.3. The second kappa shape index (κ2) is 16.8. The van der Waals surface area contributed by atoms with Gasteiger partial charge in [0.15, 0.2) is 0 Å². The van der Waals surface area contributed by atoms with Crippen LogP contribution in [0.2, 0.25) is 0 Å². The van der Waals surface area contributed by atoms with Gasteiger partial charge in [-0.25, -0.2) is 0 Å². The lowest BCUT2D eigenvalue weighted by Crippen LogP contribution is -2.17. The van der Waals surface area contributed by atoms with Gasteiger partial charge in [0.2, 0.25) is 0 Å². The summed E-state index contributed by atoms with van der Waals surface area (Å²) in [6.07, 6.45) is 13.6. The lowest BCUT2D eigenvalue weighted by Gasteiger charge is -2.30. The summed E-state index contributed by atoms with van der Waals surface area (Å²) in [6, 6.07) is 28.1. The highest BCUT2D eigenvalue weighted by Gasteiger charge is 2.27. The summed E-state index contributed by atoms with van der Waals surface area (Å²) in [5.41, 5.74) is 7.06. The van der Waals surface area contributed by atoms with Crippen molar-refractivity contribution in [2.45, 2.75) is 110 Å². The third kappa shape index (κ3) is 8.06. The lowest BCUT2D eigenvalue weighted by molar-refractivity contribution is 0.244. The Balaban J connectivity index is 1.85. The lowest BCUT2D eigenvalue weighted by atomic mass is 9.81. The predicted octanol–water partition coefficient (Wildman–Crippen LogP) is 10.9. The van der Waals surface area contributed by atoms with E-state index in [-0.39, 0.29) is 6.10 Å². The van der Waals surface area contributed by atoms with E-state index in [0.29, 0.717) is 11.8 Å². The van der Waals surface area contributed by atoms with Crippen LogP contribution >= 0.6 is 0 Å². The van der Waals surface area contributed by atoms with Crippen LogP contribution in [-0.4, -0.2) is 15.4 Å². The van der Waals surface area contributed by atoms with E-state index in [1.54, 1.807) is 6.20 Å². The number of benzene rings is 3. The van der Waals surface area contributed by atoms with Gasteiger partial charge in [0.05, 0.1) is 6.20 Å². The summed E-state index contributed by atoms with van der Waals surface area (Å²) in [7, 11) is 0. The predicted molar refractivity (Wildman–Crippen MR) is 175 cm³/mol. The fourth-order valence-corrected chi connectivity index (χ4v) is 6.27. The molecule has 4 rings (SSSR count). The van der Waals surface area contributed by atoms with E-state index < -0.39 is 0 Å². The second-order valence-electron chi connectivity index (χ2n) is 11.5. The Labute approximate surface area is 254 Å². The van der Waals surface area contributed by atoms with Gasteiger partial charge in [-0.15, -0.1) is 10.2 Å². The Kier molecular flexibility index (Phi) is 12.6. The molecule has 0 saturated heterocycles. The van der Waals surface area contributed by atoms with Crippen LogP contribution in [-0.2, 0) is 0 Å². The molecule has 0 aliphatic rings. The van der Waals surface area contributed by atoms with Crippen LogP contribution in [0.1, 0.15) is 132 Å². The van der Waals surface area contributed by atoms with Gasteiger partial charge < -0.3 is 4.74 Å². The fraction of sp³-hybridized carbons (Fsp3) is 0.447. The van der Waals surface area contributed by atoms with E-state index in [4.69, 9.17) is 4.74 Å². The maximum Gasteiger partial charge on any atom is 0.149 e. The number of hydrogen-bond acceptors (Lipinski definition) is 4. The zero-order valence-electron chi connectivity index (χ0n) is 26.1. The standard InChI is InChI=1S/C38H49N3O/c1-5-9-11-19-29(7-3)31-21-13-15-23-33(31)38(34-24-16-14-22-32(34)30(8-4)20-12-10-6-2)42-37-26-18-17-25-35(37)36-27-28-39-41-40-36/h13-18,21-30,38H,5-12,19-20H2,1-4H3. The van der Waals surface area contributed by atoms with Crippen molar-refractivity contribution < 1.29 is 4.74 Å². The molecule has 1 heterocycles. The first-order chi connectivity index (χ1) is 20.7. The van der Waals surface area contributed by atoms with Crippen molar-refractivity contribution in [1.29, 1.82) is 0 Å². The molecule has 1 aromatic heterocycles. The zero-order valence-corrected chi connectivity index (χ0v) is 26.1. The molecule has 4 aromatic rings. The van der Waals surface area contributed by atoms with E-state index in [2.05, 4.69) is 104 Å². The smallest absolute Gasteiger partial charge is 0.149 e. The molecule has 222 valence electrons. The molecule has 0 radical (unpaired) electrons. The molecule has 0 saturated carbocycles. The van der Waals surface area contributed by atoms with Gasteiger partial charge in [-0.3, -0.25) is 0 Å². The van der Waals surface area contributed by atoms with Crippen molar-refractivity contribution in [3.8, 4) is 17.0 Å².